The van der Waals surface area contributed by atoms with E-state index in [1.165, 1.54) is 32.1 Å². The van der Waals surface area contributed by atoms with Crippen molar-refractivity contribution < 1.29 is 4.79 Å². The summed E-state index contributed by atoms with van der Waals surface area (Å²) in [5, 5.41) is 3.48. The van der Waals surface area contributed by atoms with Crippen LogP contribution in [0.2, 0.25) is 0 Å². The van der Waals surface area contributed by atoms with Gasteiger partial charge in [-0.1, -0.05) is 39.5 Å². The normalized spacial score (nSPS) is 30.9. The number of nitrogens with one attached hydrogen (secondary N) is 1. The Hall–Kier alpha value is -0.570. The fourth-order valence-electron chi connectivity index (χ4n) is 3.98. The van der Waals surface area contributed by atoms with E-state index in [0.29, 0.717) is 11.9 Å². The third-order valence-corrected chi connectivity index (χ3v) is 4.93. The van der Waals surface area contributed by atoms with Crippen LogP contribution in [0, 0.1) is 5.92 Å². The first-order valence-corrected chi connectivity index (χ1v) is 8.27. The van der Waals surface area contributed by atoms with E-state index >= 15 is 0 Å². The van der Waals surface area contributed by atoms with E-state index in [1.807, 2.05) is 6.92 Å². The van der Waals surface area contributed by atoms with Gasteiger partial charge in [-0.05, 0) is 38.5 Å². The zero-order chi connectivity index (χ0) is 13.8. The van der Waals surface area contributed by atoms with E-state index in [2.05, 4.69) is 24.1 Å². The van der Waals surface area contributed by atoms with Gasteiger partial charge in [0.15, 0.2) is 0 Å². The van der Waals surface area contributed by atoms with E-state index in [9.17, 15) is 4.79 Å². The van der Waals surface area contributed by atoms with Gasteiger partial charge in [0.25, 0.3) is 0 Å². The molecule has 0 bridgehead atoms. The lowest BCUT2D eigenvalue weighted by atomic mass is 9.82. The number of amides is 1. The molecule has 2 fully saturated rings. The van der Waals surface area contributed by atoms with Gasteiger partial charge in [-0.25, -0.2) is 0 Å². The first-order chi connectivity index (χ1) is 9.19. The Morgan fingerprint density at radius 1 is 1.26 bits per heavy atom. The highest BCUT2D eigenvalue weighted by atomic mass is 16.2. The van der Waals surface area contributed by atoms with Crippen molar-refractivity contribution in [3.8, 4) is 0 Å². The SMILES string of the molecule is CCCC1NC(C)C(=O)N1C(CC)C1CCCCC1. The predicted octanol–water partition coefficient (Wildman–Crippen LogP) is 3.29. The first kappa shape index (κ1) is 14.8. The summed E-state index contributed by atoms with van der Waals surface area (Å²) in [6.07, 6.45) is 10.3. The Labute approximate surface area is 118 Å². The molecule has 1 heterocycles. The topological polar surface area (TPSA) is 32.3 Å². The lowest BCUT2D eigenvalue weighted by Crippen LogP contribution is -2.48. The molecule has 1 amide bonds. The highest BCUT2D eigenvalue weighted by Crippen LogP contribution is 2.33. The summed E-state index contributed by atoms with van der Waals surface area (Å²) in [5.41, 5.74) is 0. The van der Waals surface area contributed by atoms with Gasteiger partial charge in [-0.2, -0.15) is 0 Å². The summed E-state index contributed by atoms with van der Waals surface area (Å²) < 4.78 is 0. The summed E-state index contributed by atoms with van der Waals surface area (Å²) in [6.45, 7) is 6.46. The van der Waals surface area contributed by atoms with Crippen LogP contribution in [0.3, 0.4) is 0 Å². The second-order valence-corrected chi connectivity index (χ2v) is 6.31. The Bertz CT molecular complexity index is 299. The predicted molar refractivity (Wildman–Crippen MR) is 78.8 cm³/mol. The number of carbonyl (C=O) groups is 1. The number of hydrogen-bond donors (Lipinski definition) is 1. The van der Waals surface area contributed by atoms with Crippen LogP contribution in [0.25, 0.3) is 0 Å². The average molecular weight is 266 g/mol. The maximum absolute atomic E-state index is 12.5. The fraction of sp³-hybridized carbons (Fsp3) is 0.938. The minimum Gasteiger partial charge on any atom is -0.323 e. The molecule has 19 heavy (non-hydrogen) atoms. The van der Waals surface area contributed by atoms with Crippen molar-refractivity contribution in [3.63, 3.8) is 0 Å². The largest absolute Gasteiger partial charge is 0.323 e. The monoisotopic (exact) mass is 266 g/mol. The molecule has 0 aromatic rings. The van der Waals surface area contributed by atoms with E-state index < -0.39 is 0 Å². The van der Waals surface area contributed by atoms with Crippen LogP contribution in [0.15, 0.2) is 0 Å². The number of carbonyl (C=O) groups excluding carboxylic acids is 1. The third kappa shape index (κ3) is 3.13. The molecule has 2 rings (SSSR count). The van der Waals surface area contributed by atoms with Crippen LogP contribution >= 0.6 is 0 Å². The number of rotatable bonds is 5. The minimum atomic E-state index is 0.00851. The Kier molecular flexibility index (Phi) is 5.26. The molecule has 1 N–H and O–H groups in total. The van der Waals surface area contributed by atoms with Crippen LogP contribution < -0.4 is 5.32 Å². The lowest BCUT2D eigenvalue weighted by molar-refractivity contribution is -0.133. The van der Waals surface area contributed by atoms with Crippen molar-refractivity contribution in [3.05, 3.63) is 0 Å². The maximum atomic E-state index is 12.5. The number of nitrogens with zero attached hydrogens (tertiary/aromatic N) is 1. The second kappa shape index (κ2) is 6.74. The van der Waals surface area contributed by atoms with Crippen molar-refractivity contribution in [1.29, 1.82) is 0 Å². The van der Waals surface area contributed by atoms with Crippen LogP contribution in [0.1, 0.15) is 72.1 Å². The van der Waals surface area contributed by atoms with Crippen molar-refractivity contribution in [2.75, 3.05) is 0 Å². The molecule has 2 aliphatic rings. The molecule has 0 aromatic heterocycles. The van der Waals surface area contributed by atoms with Crippen LogP contribution in [0.4, 0.5) is 0 Å². The van der Waals surface area contributed by atoms with Gasteiger partial charge < -0.3 is 4.90 Å². The lowest BCUT2D eigenvalue weighted by Gasteiger charge is -2.39. The minimum absolute atomic E-state index is 0.00851. The Morgan fingerprint density at radius 2 is 1.95 bits per heavy atom. The van der Waals surface area contributed by atoms with Gasteiger partial charge in [0, 0.05) is 6.04 Å². The van der Waals surface area contributed by atoms with E-state index in [0.717, 1.165) is 25.2 Å². The molecule has 1 saturated carbocycles. The second-order valence-electron chi connectivity index (χ2n) is 6.31. The van der Waals surface area contributed by atoms with Crippen molar-refractivity contribution in [2.24, 2.45) is 5.92 Å². The quantitative estimate of drug-likeness (QED) is 0.828. The van der Waals surface area contributed by atoms with Crippen LogP contribution in [-0.2, 0) is 4.79 Å². The molecular formula is C16H30N2O. The van der Waals surface area contributed by atoms with Crippen LogP contribution in [-0.4, -0.2) is 29.1 Å². The summed E-state index contributed by atoms with van der Waals surface area (Å²) >= 11 is 0. The standard InChI is InChI=1S/C16H30N2O/c1-4-9-15-17-12(3)16(19)18(15)14(5-2)13-10-7-6-8-11-13/h12-15,17H,4-11H2,1-3H3. The zero-order valence-electron chi connectivity index (χ0n) is 12.8. The summed E-state index contributed by atoms with van der Waals surface area (Å²) in [4.78, 5) is 14.7. The molecule has 1 saturated heterocycles. The average Bonchev–Trinajstić information content (AvgIpc) is 2.69. The highest BCUT2D eigenvalue weighted by Gasteiger charge is 2.41. The third-order valence-electron chi connectivity index (χ3n) is 4.93. The molecule has 0 aromatic carbocycles. The van der Waals surface area contributed by atoms with Gasteiger partial charge in [-0.15, -0.1) is 0 Å². The van der Waals surface area contributed by atoms with Crippen molar-refractivity contribution >= 4 is 5.91 Å². The van der Waals surface area contributed by atoms with E-state index in [1.54, 1.807) is 0 Å². The molecule has 1 aliphatic carbocycles. The maximum Gasteiger partial charge on any atom is 0.240 e. The zero-order valence-corrected chi connectivity index (χ0v) is 12.8. The first-order valence-electron chi connectivity index (χ1n) is 8.27. The highest BCUT2D eigenvalue weighted by molar-refractivity contribution is 5.84. The van der Waals surface area contributed by atoms with Gasteiger partial charge in [0.05, 0.1) is 12.2 Å². The molecule has 3 heteroatoms. The molecule has 110 valence electrons. The molecule has 1 aliphatic heterocycles. The summed E-state index contributed by atoms with van der Waals surface area (Å²) in [5.74, 6) is 1.06. The van der Waals surface area contributed by atoms with Crippen molar-refractivity contribution in [2.45, 2.75) is 90.4 Å². The van der Waals surface area contributed by atoms with Crippen molar-refractivity contribution in [1.82, 2.24) is 10.2 Å². The molecule has 0 spiro atoms. The van der Waals surface area contributed by atoms with Gasteiger partial charge in [-0.3, -0.25) is 10.1 Å². The molecular weight excluding hydrogens is 236 g/mol. The number of hydrogen-bond acceptors (Lipinski definition) is 2. The Morgan fingerprint density at radius 3 is 2.53 bits per heavy atom. The Balaban J connectivity index is 2.11. The molecule has 3 nitrogen and oxygen atoms in total. The fourth-order valence-corrected chi connectivity index (χ4v) is 3.98. The summed E-state index contributed by atoms with van der Waals surface area (Å²) in [6, 6.07) is 0.469. The van der Waals surface area contributed by atoms with Gasteiger partial charge >= 0.3 is 0 Å². The van der Waals surface area contributed by atoms with E-state index in [-0.39, 0.29) is 12.2 Å². The molecule has 0 radical (unpaired) electrons. The van der Waals surface area contributed by atoms with E-state index in [4.69, 9.17) is 0 Å². The smallest absolute Gasteiger partial charge is 0.240 e. The van der Waals surface area contributed by atoms with Gasteiger partial charge in [0.1, 0.15) is 0 Å². The van der Waals surface area contributed by atoms with Gasteiger partial charge in [0.2, 0.25) is 5.91 Å². The summed E-state index contributed by atoms with van der Waals surface area (Å²) in [7, 11) is 0. The molecule has 3 atom stereocenters. The van der Waals surface area contributed by atoms with Crippen LogP contribution in [0.5, 0.6) is 0 Å². The molecule has 3 unspecified atom stereocenters.